The number of fused-ring (bicyclic) bond motifs is 1. The highest BCUT2D eigenvalue weighted by Gasteiger charge is 2.22. The van der Waals surface area contributed by atoms with E-state index in [1.807, 2.05) is 43.4 Å². The molecule has 27 heavy (non-hydrogen) atoms. The number of aryl methyl sites for hydroxylation is 1. The zero-order valence-electron chi connectivity index (χ0n) is 15.7. The van der Waals surface area contributed by atoms with E-state index in [-0.39, 0.29) is 11.8 Å². The third-order valence-electron chi connectivity index (χ3n) is 4.81. The molecule has 1 heterocycles. The Morgan fingerprint density at radius 1 is 1.19 bits per heavy atom. The first-order valence-electron chi connectivity index (χ1n) is 9.15. The molecule has 1 atom stereocenters. The largest absolute Gasteiger partial charge is 0.385 e. The lowest BCUT2D eigenvalue weighted by molar-refractivity contribution is -0.121. The number of carbonyl (C=O) groups is 1. The average molecular weight is 385 g/mol. The molecule has 1 aromatic heterocycles. The monoisotopic (exact) mass is 384 g/mol. The van der Waals surface area contributed by atoms with Gasteiger partial charge in [-0.25, -0.2) is 0 Å². The second kappa shape index (κ2) is 9.07. The molecular formula is C22H25ClN2O2. The lowest BCUT2D eigenvalue weighted by atomic mass is 9.88. The molecule has 0 saturated heterocycles. The van der Waals surface area contributed by atoms with E-state index in [0.29, 0.717) is 24.6 Å². The Kier molecular flexibility index (Phi) is 6.54. The quantitative estimate of drug-likeness (QED) is 0.581. The van der Waals surface area contributed by atoms with Crippen molar-refractivity contribution in [3.8, 4) is 0 Å². The van der Waals surface area contributed by atoms with E-state index in [0.717, 1.165) is 23.1 Å². The second-order valence-electron chi connectivity index (χ2n) is 6.72. The van der Waals surface area contributed by atoms with Crippen LogP contribution in [0, 0.1) is 0 Å². The fourth-order valence-corrected chi connectivity index (χ4v) is 3.58. The third kappa shape index (κ3) is 4.71. The third-order valence-corrected chi connectivity index (χ3v) is 5.06. The van der Waals surface area contributed by atoms with Gasteiger partial charge in [0.25, 0.3) is 0 Å². The Balaban J connectivity index is 1.90. The number of methoxy groups -OCH3 is 1. The molecule has 142 valence electrons. The van der Waals surface area contributed by atoms with Crippen LogP contribution in [-0.4, -0.2) is 30.7 Å². The Bertz CT molecular complexity index is 902. The number of nitrogens with zero attached hydrogens (tertiary/aromatic N) is 1. The molecule has 0 saturated carbocycles. The number of benzene rings is 2. The molecule has 0 radical (unpaired) electrons. The first kappa shape index (κ1) is 19.5. The summed E-state index contributed by atoms with van der Waals surface area (Å²) in [7, 11) is 3.70. The maximum absolute atomic E-state index is 12.6. The summed E-state index contributed by atoms with van der Waals surface area (Å²) < 4.78 is 7.15. The van der Waals surface area contributed by atoms with Gasteiger partial charge in [-0.15, -0.1) is 0 Å². The normalized spacial score (nSPS) is 12.3. The summed E-state index contributed by atoms with van der Waals surface area (Å²) in [6.07, 6.45) is 3.33. The van der Waals surface area contributed by atoms with Crippen LogP contribution >= 0.6 is 11.6 Å². The van der Waals surface area contributed by atoms with Gasteiger partial charge in [-0.3, -0.25) is 4.79 Å². The zero-order chi connectivity index (χ0) is 19.2. The number of rotatable bonds is 8. The van der Waals surface area contributed by atoms with Crippen molar-refractivity contribution in [1.82, 2.24) is 9.88 Å². The lowest BCUT2D eigenvalue weighted by Gasteiger charge is -2.17. The number of hydrogen-bond acceptors (Lipinski definition) is 2. The summed E-state index contributed by atoms with van der Waals surface area (Å²) in [6.45, 7) is 1.26. The van der Waals surface area contributed by atoms with E-state index in [4.69, 9.17) is 16.3 Å². The zero-order valence-corrected chi connectivity index (χ0v) is 16.5. The maximum Gasteiger partial charge on any atom is 0.220 e. The number of halogens is 1. The van der Waals surface area contributed by atoms with E-state index in [1.54, 1.807) is 7.11 Å². The smallest absolute Gasteiger partial charge is 0.220 e. The fourth-order valence-electron chi connectivity index (χ4n) is 3.46. The summed E-state index contributed by atoms with van der Waals surface area (Å²) in [4.78, 5) is 12.6. The van der Waals surface area contributed by atoms with Crippen molar-refractivity contribution in [2.24, 2.45) is 7.05 Å². The molecule has 0 aliphatic heterocycles. The van der Waals surface area contributed by atoms with Crippen LogP contribution in [0.5, 0.6) is 0 Å². The summed E-state index contributed by atoms with van der Waals surface area (Å²) in [5.74, 6) is 0.00905. The molecule has 0 aliphatic rings. The van der Waals surface area contributed by atoms with Crippen molar-refractivity contribution in [3.63, 3.8) is 0 Å². The van der Waals surface area contributed by atoms with E-state index in [9.17, 15) is 4.79 Å². The summed E-state index contributed by atoms with van der Waals surface area (Å²) in [6, 6.07) is 16.1. The minimum Gasteiger partial charge on any atom is -0.385 e. The topological polar surface area (TPSA) is 43.3 Å². The van der Waals surface area contributed by atoms with Gasteiger partial charge >= 0.3 is 0 Å². The van der Waals surface area contributed by atoms with Crippen molar-refractivity contribution in [1.29, 1.82) is 0 Å². The van der Waals surface area contributed by atoms with Gasteiger partial charge in [0.1, 0.15) is 0 Å². The Morgan fingerprint density at radius 2 is 1.93 bits per heavy atom. The molecule has 0 fully saturated rings. The van der Waals surface area contributed by atoms with Crippen molar-refractivity contribution >= 4 is 28.4 Å². The van der Waals surface area contributed by atoms with E-state index >= 15 is 0 Å². The van der Waals surface area contributed by atoms with Gasteiger partial charge in [-0.05, 0) is 35.7 Å². The Hall–Kier alpha value is -2.30. The molecule has 3 aromatic rings. The van der Waals surface area contributed by atoms with Gasteiger partial charge in [0.05, 0.1) is 0 Å². The summed E-state index contributed by atoms with van der Waals surface area (Å²) in [5, 5.41) is 4.87. The van der Waals surface area contributed by atoms with Crippen LogP contribution in [0.3, 0.4) is 0 Å². The highest BCUT2D eigenvalue weighted by atomic mass is 35.5. The van der Waals surface area contributed by atoms with Crippen LogP contribution in [0.25, 0.3) is 10.9 Å². The molecule has 0 spiro atoms. The molecule has 1 N–H and O–H groups in total. The second-order valence-corrected chi connectivity index (χ2v) is 7.15. The lowest BCUT2D eigenvalue weighted by Crippen LogP contribution is -2.27. The number of amides is 1. The number of para-hydroxylation sites is 1. The van der Waals surface area contributed by atoms with Gasteiger partial charge < -0.3 is 14.6 Å². The molecule has 2 aromatic carbocycles. The summed E-state index contributed by atoms with van der Waals surface area (Å²) in [5.41, 5.74) is 3.40. The van der Waals surface area contributed by atoms with Crippen LogP contribution in [0.2, 0.25) is 5.02 Å². The van der Waals surface area contributed by atoms with Crippen molar-refractivity contribution in [2.45, 2.75) is 18.8 Å². The number of hydrogen-bond donors (Lipinski definition) is 1. The first-order valence-corrected chi connectivity index (χ1v) is 9.53. The molecule has 1 amide bonds. The first-order chi connectivity index (χ1) is 13.1. The predicted molar refractivity (Wildman–Crippen MR) is 110 cm³/mol. The minimum atomic E-state index is -0.0317. The highest BCUT2D eigenvalue weighted by Crippen LogP contribution is 2.34. The van der Waals surface area contributed by atoms with Gasteiger partial charge in [0.2, 0.25) is 5.91 Å². The minimum absolute atomic E-state index is 0.0317. The molecule has 0 unspecified atom stereocenters. The number of nitrogens with one attached hydrogen (secondary N) is 1. The van der Waals surface area contributed by atoms with E-state index in [2.05, 4.69) is 28.2 Å². The fraction of sp³-hybridized carbons (Fsp3) is 0.318. The molecule has 3 rings (SSSR count). The SMILES string of the molecule is COCCCNC(=O)C[C@@H](c1ccc(Cl)cc1)c1cn(C)c2ccccc12. The number of aromatic nitrogens is 1. The van der Waals surface area contributed by atoms with Crippen LogP contribution in [0.1, 0.15) is 29.9 Å². The van der Waals surface area contributed by atoms with Crippen LogP contribution < -0.4 is 5.32 Å². The summed E-state index contributed by atoms with van der Waals surface area (Å²) >= 11 is 6.07. The molecule has 4 nitrogen and oxygen atoms in total. The van der Waals surface area contributed by atoms with E-state index < -0.39 is 0 Å². The molecule has 0 aliphatic carbocycles. The Labute approximate surface area is 165 Å². The van der Waals surface area contributed by atoms with Crippen LogP contribution in [0.15, 0.2) is 54.7 Å². The standard InChI is InChI=1S/C22H25ClN2O2/c1-25-15-20(18-6-3-4-7-21(18)25)19(16-8-10-17(23)11-9-16)14-22(26)24-12-5-13-27-2/h3-4,6-11,15,19H,5,12-14H2,1-2H3,(H,24,26)/t19-/m0/s1. The highest BCUT2D eigenvalue weighted by molar-refractivity contribution is 6.30. The molecule has 0 bridgehead atoms. The predicted octanol–water partition coefficient (Wildman–Crippen LogP) is 4.51. The molecular weight excluding hydrogens is 360 g/mol. The van der Waals surface area contributed by atoms with Crippen LogP contribution in [0.4, 0.5) is 0 Å². The average Bonchev–Trinajstić information content (AvgIpc) is 3.01. The van der Waals surface area contributed by atoms with Gasteiger partial charge in [0.15, 0.2) is 0 Å². The number of ether oxygens (including phenoxy) is 1. The van der Waals surface area contributed by atoms with Gasteiger partial charge in [0, 0.05) is 61.8 Å². The van der Waals surface area contributed by atoms with Gasteiger partial charge in [-0.2, -0.15) is 0 Å². The Morgan fingerprint density at radius 3 is 2.67 bits per heavy atom. The van der Waals surface area contributed by atoms with Gasteiger partial charge in [-0.1, -0.05) is 41.9 Å². The van der Waals surface area contributed by atoms with Crippen molar-refractivity contribution in [2.75, 3.05) is 20.3 Å². The van der Waals surface area contributed by atoms with Crippen LogP contribution in [-0.2, 0) is 16.6 Å². The van der Waals surface area contributed by atoms with Crippen molar-refractivity contribution in [3.05, 3.63) is 70.9 Å². The number of carbonyl (C=O) groups excluding carboxylic acids is 1. The maximum atomic E-state index is 12.6. The molecule has 5 heteroatoms. The van der Waals surface area contributed by atoms with Crippen molar-refractivity contribution < 1.29 is 9.53 Å². The van der Waals surface area contributed by atoms with E-state index in [1.165, 1.54) is 5.39 Å².